The number of hydrogen-bond acceptors (Lipinski definition) is 7. The maximum absolute atomic E-state index is 12.4. The number of ether oxygens (including phenoxy) is 2. The predicted molar refractivity (Wildman–Crippen MR) is 93.7 cm³/mol. The quantitative estimate of drug-likeness (QED) is 0.679. The minimum atomic E-state index is -4.99. The molecule has 1 aromatic carbocycles. The molecule has 0 aliphatic heterocycles. The van der Waals surface area contributed by atoms with E-state index in [1.54, 1.807) is 0 Å². The van der Waals surface area contributed by atoms with Crippen LogP contribution in [0.1, 0.15) is 17.4 Å². The molecule has 14 heteroatoms. The first kappa shape index (κ1) is 22.1. The summed E-state index contributed by atoms with van der Waals surface area (Å²) in [7, 11) is -4.04. The molecule has 28 heavy (non-hydrogen) atoms. The lowest BCUT2D eigenvalue weighted by Gasteiger charge is -2.13. The van der Waals surface area contributed by atoms with Crippen molar-refractivity contribution in [2.24, 2.45) is 0 Å². The van der Waals surface area contributed by atoms with Gasteiger partial charge in [0.15, 0.2) is 15.5 Å². The van der Waals surface area contributed by atoms with Crippen LogP contribution in [-0.4, -0.2) is 43.4 Å². The normalized spacial score (nSPS) is 12.1. The molecular formula is C14H12Cl2F3N3O5S. The van der Waals surface area contributed by atoms with E-state index in [9.17, 15) is 26.4 Å². The van der Waals surface area contributed by atoms with Gasteiger partial charge in [0.1, 0.15) is 22.2 Å². The molecule has 0 saturated carbocycles. The average molecular weight is 462 g/mol. The van der Waals surface area contributed by atoms with Crippen LogP contribution in [0.3, 0.4) is 0 Å². The van der Waals surface area contributed by atoms with Crippen LogP contribution in [0, 0.1) is 0 Å². The lowest BCUT2D eigenvalue weighted by molar-refractivity contribution is -0.274. The van der Waals surface area contributed by atoms with Gasteiger partial charge in [0, 0.05) is 18.4 Å². The molecule has 2 aromatic rings. The van der Waals surface area contributed by atoms with E-state index >= 15 is 0 Å². The molecule has 0 atom stereocenters. The van der Waals surface area contributed by atoms with E-state index in [0.717, 1.165) is 23.1 Å². The number of halogens is 5. The van der Waals surface area contributed by atoms with Crippen LogP contribution in [0.15, 0.2) is 17.0 Å². The van der Waals surface area contributed by atoms with Crippen molar-refractivity contribution < 1.29 is 35.9 Å². The highest BCUT2D eigenvalue weighted by molar-refractivity contribution is 7.91. The maximum Gasteiger partial charge on any atom is 0.573 e. The molecule has 2 N–H and O–H groups in total. The van der Waals surface area contributed by atoms with Crippen molar-refractivity contribution in [1.82, 2.24) is 9.78 Å². The summed E-state index contributed by atoms with van der Waals surface area (Å²) in [5, 5.41) is 3.01. The van der Waals surface area contributed by atoms with Crippen LogP contribution in [0.25, 0.3) is 5.69 Å². The summed E-state index contributed by atoms with van der Waals surface area (Å²) in [5.41, 5.74) is 4.94. The van der Waals surface area contributed by atoms with Crippen LogP contribution in [0.4, 0.5) is 19.0 Å². The van der Waals surface area contributed by atoms with Gasteiger partial charge in [-0.05, 0) is 6.92 Å². The Labute approximate surface area is 166 Å². The fraction of sp³-hybridized carbons (Fsp3) is 0.286. The summed E-state index contributed by atoms with van der Waals surface area (Å²) >= 11 is 11.9. The Morgan fingerprint density at radius 1 is 1.29 bits per heavy atom. The fourth-order valence-corrected chi connectivity index (χ4v) is 3.79. The molecule has 1 aromatic heterocycles. The number of esters is 1. The summed E-state index contributed by atoms with van der Waals surface area (Å²) in [5.74, 6) is -2.32. The molecule has 0 bridgehead atoms. The third-order valence-corrected chi connectivity index (χ3v) is 4.87. The second-order valence-electron chi connectivity index (χ2n) is 5.25. The van der Waals surface area contributed by atoms with E-state index < -0.39 is 54.4 Å². The van der Waals surface area contributed by atoms with Crippen LogP contribution < -0.4 is 10.5 Å². The van der Waals surface area contributed by atoms with Gasteiger partial charge < -0.3 is 15.2 Å². The predicted octanol–water partition coefficient (Wildman–Crippen LogP) is 3.24. The number of carbonyl (C=O) groups excluding carboxylic acids is 1. The Balaban J connectivity index is 2.71. The van der Waals surface area contributed by atoms with Gasteiger partial charge in [-0.3, -0.25) is 0 Å². The standard InChI is InChI=1S/C14H12Cl2F3N3O5S/c1-3-26-13(23)9-11(28(2,24)25)12(20)22(21-9)10-7(15)4-6(5-8(10)16)27-14(17,18)19/h4-5H,3,20H2,1-2H3. The lowest BCUT2D eigenvalue weighted by atomic mass is 10.3. The molecule has 0 amide bonds. The monoisotopic (exact) mass is 461 g/mol. The van der Waals surface area contributed by atoms with E-state index in [1.165, 1.54) is 6.92 Å². The summed E-state index contributed by atoms with van der Waals surface area (Å²) in [6.07, 6.45) is -4.20. The highest BCUT2D eigenvalue weighted by Gasteiger charge is 2.33. The van der Waals surface area contributed by atoms with Gasteiger partial charge in [-0.25, -0.2) is 17.9 Å². The third kappa shape index (κ3) is 4.62. The second-order valence-corrected chi connectivity index (χ2v) is 8.02. The van der Waals surface area contributed by atoms with Crippen molar-refractivity contribution in [1.29, 1.82) is 0 Å². The van der Waals surface area contributed by atoms with E-state index in [-0.39, 0.29) is 12.3 Å². The maximum atomic E-state index is 12.4. The van der Waals surface area contributed by atoms with Crippen molar-refractivity contribution in [2.75, 3.05) is 18.6 Å². The van der Waals surface area contributed by atoms with Crippen LogP contribution in [-0.2, 0) is 14.6 Å². The molecule has 0 unspecified atom stereocenters. The summed E-state index contributed by atoms with van der Waals surface area (Å²) in [4.78, 5) is 11.4. The summed E-state index contributed by atoms with van der Waals surface area (Å²) < 4.78 is 70.5. The zero-order valence-corrected chi connectivity index (χ0v) is 16.5. The Hall–Kier alpha value is -2.18. The number of alkyl halides is 3. The van der Waals surface area contributed by atoms with E-state index in [4.69, 9.17) is 33.7 Å². The summed E-state index contributed by atoms with van der Waals surface area (Å²) in [6.45, 7) is 1.42. The highest BCUT2D eigenvalue weighted by atomic mass is 35.5. The van der Waals surface area contributed by atoms with Crippen molar-refractivity contribution in [3.8, 4) is 11.4 Å². The smallest absolute Gasteiger partial charge is 0.461 e. The van der Waals surface area contributed by atoms with Gasteiger partial charge in [-0.1, -0.05) is 23.2 Å². The van der Waals surface area contributed by atoms with Gasteiger partial charge in [0.2, 0.25) is 0 Å². The number of carbonyl (C=O) groups is 1. The number of sulfone groups is 1. The number of rotatable bonds is 5. The average Bonchev–Trinajstić information content (AvgIpc) is 2.82. The first-order valence-corrected chi connectivity index (χ1v) is 9.91. The molecule has 0 fully saturated rings. The zero-order chi connectivity index (χ0) is 21.4. The Bertz CT molecular complexity index is 1010. The Morgan fingerprint density at radius 2 is 1.82 bits per heavy atom. The molecule has 0 aliphatic rings. The number of benzene rings is 1. The number of aromatic nitrogens is 2. The van der Waals surface area contributed by atoms with Crippen molar-refractivity contribution in [3.63, 3.8) is 0 Å². The Kier molecular flexibility index (Phi) is 6.07. The number of hydrogen-bond donors (Lipinski definition) is 1. The van der Waals surface area contributed by atoms with Gasteiger partial charge >= 0.3 is 12.3 Å². The van der Waals surface area contributed by atoms with Gasteiger partial charge in [0.05, 0.1) is 16.7 Å². The van der Waals surface area contributed by atoms with Crippen molar-refractivity contribution in [3.05, 3.63) is 27.9 Å². The van der Waals surface area contributed by atoms with Crippen LogP contribution >= 0.6 is 23.2 Å². The van der Waals surface area contributed by atoms with E-state index in [0.29, 0.717) is 0 Å². The topological polar surface area (TPSA) is 114 Å². The molecule has 1 heterocycles. The lowest BCUT2D eigenvalue weighted by Crippen LogP contribution is -2.17. The highest BCUT2D eigenvalue weighted by Crippen LogP contribution is 2.38. The minimum Gasteiger partial charge on any atom is -0.461 e. The van der Waals surface area contributed by atoms with Crippen molar-refractivity contribution >= 4 is 44.8 Å². The number of nitrogens with zero attached hydrogens (tertiary/aromatic N) is 2. The molecule has 154 valence electrons. The SMILES string of the molecule is CCOC(=O)c1nn(-c2c(Cl)cc(OC(F)(F)F)cc2Cl)c(N)c1S(C)(=O)=O. The number of anilines is 1. The number of nitrogens with two attached hydrogens (primary N) is 1. The molecule has 0 saturated heterocycles. The first-order valence-electron chi connectivity index (χ1n) is 7.27. The fourth-order valence-electron chi connectivity index (χ4n) is 2.22. The van der Waals surface area contributed by atoms with E-state index in [1.807, 2.05) is 0 Å². The second kappa shape index (κ2) is 7.68. The Morgan fingerprint density at radius 3 is 2.25 bits per heavy atom. The molecule has 2 rings (SSSR count). The molecule has 0 spiro atoms. The molecule has 0 radical (unpaired) electrons. The van der Waals surface area contributed by atoms with Gasteiger partial charge in [-0.15, -0.1) is 13.2 Å². The van der Waals surface area contributed by atoms with Crippen LogP contribution in [0.5, 0.6) is 5.75 Å². The third-order valence-electron chi connectivity index (χ3n) is 3.15. The van der Waals surface area contributed by atoms with Crippen molar-refractivity contribution in [2.45, 2.75) is 18.2 Å². The van der Waals surface area contributed by atoms with Gasteiger partial charge in [0.25, 0.3) is 0 Å². The van der Waals surface area contributed by atoms with Crippen LogP contribution in [0.2, 0.25) is 10.0 Å². The number of nitrogen functional groups attached to an aromatic ring is 1. The summed E-state index contributed by atoms with van der Waals surface area (Å²) in [6, 6.07) is 1.56. The molecule has 8 nitrogen and oxygen atoms in total. The molecular weight excluding hydrogens is 450 g/mol. The largest absolute Gasteiger partial charge is 0.573 e. The van der Waals surface area contributed by atoms with E-state index in [2.05, 4.69) is 9.84 Å². The van der Waals surface area contributed by atoms with Gasteiger partial charge in [-0.2, -0.15) is 5.10 Å². The first-order chi connectivity index (χ1) is 12.8. The zero-order valence-electron chi connectivity index (χ0n) is 14.2. The minimum absolute atomic E-state index is 0.0697. The molecule has 0 aliphatic carbocycles.